The first-order chi connectivity index (χ1) is 18.9. The van der Waals surface area contributed by atoms with E-state index in [2.05, 4.69) is 11.5 Å². The minimum atomic E-state index is -1.78. The molecule has 0 radical (unpaired) electrons. The standard InChI is InChI=1S/C30H33N3O6/c1-3-14-32-24-9-6-5-8-23(24)30(29(32)37)25(26(34)21-10-12-22(13-11-21)39-4-2)27(35)28(36)33(30)16-7-15-31-17-19-38-20-18-31/h3,5-6,8-13,34H,1,4,7,14-20H2,2H3. The van der Waals surface area contributed by atoms with Gasteiger partial charge in [-0.15, -0.1) is 6.58 Å². The van der Waals surface area contributed by atoms with Crippen molar-refractivity contribution in [2.24, 2.45) is 0 Å². The van der Waals surface area contributed by atoms with Crippen LogP contribution in [0, 0.1) is 0 Å². The van der Waals surface area contributed by atoms with Crippen LogP contribution in [0.15, 0.2) is 66.8 Å². The zero-order chi connectivity index (χ0) is 27.6. The Balaban J connectivity index is 1.63. The minimum Gasteiger partial charge on any atom is -0.507 e. The molecule has 39 heavy (non-hydrogen) atoms. The van der Waals surface area contributed by atoms with Gasteiger partial charge >= 0.3 is 0 Å². The van der Waals surface area contributed by atoms with Gasteiger partial charge < -0.3 is 24.4 Å². The number of Topliss-reactive ketones (excluding diaryl/α,β-unsaturated/α-hetero) is 1. The van der Waals surface area contributed by atoms with E-state index in [1.807, 2.05) is 6.92 Å². The Bertz CT molecular complexity index is 1310. The number of ketones is 1. The molecule has 3 aliphatic heterocycles. The van der Waals surface area contributed by atoms with Crippen molar-refractivity contribution in [2.45, 2.75) is 18.9 Å². The third-order valence-electron chi connectivity index (χ3n) is 7.52. The number of hydrogen-bond acceptors (Lipinski definition) is 7. The summed E-state index contributed by atoms with van der Waals surface area (Å²) in [5.74, 6) is -1.92. The van der Waals surface area contributed by atoms with Crippen molar-refractivity contribution in [1.29, 1.82) is 0 Å². The SMILES string of the molecule is C=CCN1C(=O)C2(C(=C(O)c3ccc(OCC)cc3)C(=O)C(=O)N2CCCN2CCOCC2)c2ccccc21. The topological polar surface area (TPSA) is 99.6 Å². The van der Waals surface area contributed by atoms with Crippen molar-refractivity contribution in [3.63, 3.8) is 0 Å². The summed E-state index contributed by atoms with van der Waals surface area (Å²) in [6.07, 6.45) is 2.15. The number of rotatable bonds is 9. The van der Waals surface area contributed by atoms with E-state index >= 15 is 0 Å². The molecule has 1 unspecified atom stereocenters. The van der Waals surface area contributed by atoms with E-state index in [-0.39, 0.29) is 18.7 Å². The van der Waals surface area contributed by atoms with Gasteiger partial charge in [0.2, 0.25) is 0 Å². The number of ether oxygens (including phenoxy) is 2. The summed E-state index contributed by atoms with van der Waals surface area (Å²) in [6.45, 7) is 10.1. The maximum atomic E-state index is 14.4. The van der Waals surface area contributed by atoms with E-state index < -0.39 is 28.9 Å². The van der Waals surface area contributed by atoms with Gasteiger partial charge in [0.25, 0.3) is 17.6 Å². The van der Waals surface area contributed by atoms with E-state index in [4.69, 9.17) is 9.47 Å². The van der Waals surface area contributed by atoms with Gasteiger partial charge in [0.05, 0.1) is 31.1 Å². The summed E-state index contributed by atoms with van der Waals surface area (Å²) in [4.78, 5) is 46.8. The molecule has 204 valence electrons. The second-order valence-corrected chi connectivity index (χ2v) is 9.71. The van der Waals surface area contributed by atoms with Gasteiger partial charge in [-0.3, -0.25) is 19.3 Å². The zero-order valence-corrected chi connectivity index (χ0v) is 22.1. The summed E-state index contributed by atoms with van der Waals surface area (Å²) in [7, 11) is 0. The van der Waals surface area contributed by atoms with Crippen LogP contribution in [0.4, 0.5) is 5.69 Å². The highest BCUT2D eigenvalue weighted by Crippen LogP contribution is 2.53. The van der Waals surface area contributed by atoms with Gasteiger partial charge in [-0.25, -0.2) is 0 Å². The Morgan fingerprint density at radius 2 is 1.79 bits per heavy atom. The van der Waals surface area contributed by atoms with Crippen LogP contribution in [0.2, 0.25) is 0 Å². The molecule has 0 aromatic heterocycles. The molecule has 2 fully saturated rings. The van der Waals surface area contributed by atoms with Crippen molar-refractivity contribution < 1.29 is 29.0 Å². The summed E-state index contributed by atoms with van der Waals surface area (Å²) in [5, 5.41) is 11.6. The number of nitrogens with zero attached hydrogens (tertiary/aromatic N) is 3. The van der Waals surface area contributed by atoms with E-state index in [0.29, 0.717) is 55.4 Å². The minimum absolute atomic E-state index is 0.171. The van der Waals surface area contributed by atoms with Gasteiger partial charge in [-0.1, -0.05) is 24.3 Å². The zero-order valence-electron chi connectivity index (χ0n) is 22.1. The number of fused-ring (bicyclic) bond motifs is 2. The molecule has 1 N–H and O–H groups in total. The number of aliphatic hydroxyl groups excluding tert-OH is 1. The van der Waals surface area contributed by atoms with Gasteiger partial charge in [-0.2, -0.15) is 0 Å². The van der Waals surface area contributed by atoms with Crippen molar-refractivity contribution in [3.05, 3.63) is 77.9 Å². The Kier molecular flexibility index (Phi) is 7.54. The molecular formula is C30H33N3O6. The average Bonchev–Trinajstić information content (AvgIpc) is 3.33. The van der Waals surface area contributed by atoms with Gasteiger partial charge in [-0.05, 0) is 43.7 Å². The summed E-state index contributed by atoms with van der Waals surface area (Å²) < 4.78 is 10.9. The summed E-state index contributed by atoms with van der Waals surface area (Å²) >= 11 is 0. The fourth-order valence-electron chi connectivity index (χ4n) is 5.77. The third-order valence-corrected chi connectivity index (χ3v) is 7.52. The monoisotopic (exact) mass is 531 g/mol. The van der Waals surface area contributed by atoms with Gasteiger partial charge in [0.15, 0.2) is 5.54 Å². The van der Waals surface area contributed by atoms with E-state index in [0.717, 1.165) is 13.1 Å². The lowest BCUT2D eigenvalue weighted by Gasteiger charge is -2.35. The Labute approximate surface area is 227 Å². The highest BCUT2D eigenvalue weighted by molar-refractivity contribution is 6.50. The second kappa shape index (κ2) is 11.0. The van der Waals surface area contributed by atoms with Crippen LogP contribution < -0.4 is 9.64 Å². The fraction of sp³-hybridized carbons (Fsp3) is 0.367. The van der Waals surface area contributed by atoms with Crippen LogP contribution in [0.3, 0.4) is 0 Å². The van der Waals surface area contributed by atoms with Crippen molar-refractivity contribution in [1.82, 2.24) is 9.80 Å². The van der Waals surface area contributed by atoms with Crippen molar-refractivity contribution >= 4 is 29.0 Å². The predicted molar refractivity (Wildman–Crippen MR) is 146 cm³/mol. The summed E-state index contributed by atoms with van der Waals surface area (Å²) in [6, 6.07) is 13.7. The van der Waals surface area contributed by atoms with Crippen molar-refractivity contribution in [2.75, 3.05) is 57.4 Å². The molecule has 1 atom stereocenters. The molecular weight excluding hydrogens is 498 g/mol. The Morgan fingerprint density at radius 1 is 1.08 bits per heavy atom. The normalized spacial score (nSPS) is 22.5. The molecule has 3 aliphatic rings. The lowest BCUT2D eigenvalue weighted by molar-refractivity contribution is -0.143. The number of aliphatic hydroxyl groups is 1. The number of carbonyl (C=O) groups excluding carboxylic acids is 3. The quantitative estimate of drug-likeness (QED) is 0.230. The number of amides is 2. The molecule has 1 spiro atoms. The van der Waals surface area contributed by atoms with Gasteiger partial charge in [0, 0.05) is 43.9 Å². The van der Waals surface area contributed by atoms with Crippen LogP contribution >= 0.6 is 0 Å². The van der Waals surface area contributed by atoms with Crippen LogP contribution in [0.1, 0.15) is 24.5 Å². The van der Waals surface area contributed by atoms with E-state index in [1.54, 1.807) is 54.6 Å². The maximum Gasteiger partial charge on any atom is 0.296 e. The van der Waals surface area contributed by atoms with Crippen LogP contribution in [-0.2, 0) is 24.7 Å². The molecule has 0 saturated carbocycles. The number of anilines is 1. The fourth-order valence-corrected chi connectivity index (χ4v) is 5.77. The Morgan fingerprint density at radius 3 is 2.49 bits per heavy atom. The number of carbonyl (C=O) groups is 3. The number of hydrogen-bond donors (Lipinski definition) is 1. The highest BCUT2D eigenvalue weighted by Gasteiger charge is 2.66. The smallest absolute Gasteiger partial charge is 0.296 e. The molecule has 5 rings (SSSR count). The number of para-hydroxylation sites is 1. The van der Waals surface area contributed by atoms with Crippen molar-refractivity contribution in [3.8, 4) is 5.75 Å². The maximum absolute atomic E-state index is 14.4. The third kappa shape index (κ3) is 4.41. The summed E-state index contributed by atoms with van der Waals surface area (Å²) in [5.41, 5.74) is -0.597. The number of likely N-dealkylation sites (tertiary alicyclic amines) is 1. The largest absolute Gasteiger partial charge is 0.507 e. The Hall–Kier alpha value is -3.95. The second-order valence-electron chi connectivity index (χ2n) is 9.71. The number of morpholine rings is 1. The molecule has 2 aromatic carbocycles. The van der Waals surface area contributed by atoms with Crippen LogP contribution in [0.5, 0.6) is 5.75 Å². The molecule has 0 bridgehead atoms. The molecule has 9 heteroatoms. The first-order valence-electron chi connectivity index (χ1n) is 13.3. The molecule has 0 aliphatic carbocycles. The molecule has 2 aromatic rings. The van der Waals surface area contributed by atoms with E-state index in [9.17, 15) is 19.5 Å². The molecule has 9 nitrogen and oxygen atoms in total. The first kappa shape index (κ1) is 26.6. The van der Waals surface area contributed by atoms with Crippen LogP contribution in [-0.4, -0.2) is 85.0 Å². The highest BCUT2D eigenvalue weighted by atomic mass is 16.5. The molecule has 2 saturated heterocycles. The first-order valence-corrected chi connectivity index (χ1v) is 13.3. The van der Waals surface area contributed by atoms with Gasteiger partial charge in [0.1, 0.15) is 11.5 Å². The van der Waals surface area contributed by atoms with Crippen LogP contribution in [0.25, 0.3) is 5.76 Å². The predicted octanol–water partition coefficient (Wildman–Crippen LogP) is 2.92. The molecule has 3 heterocycles. The lowest BCUT2D eigenvalue weighted by atomic mass is 9.82. The molecule has 2 amide bonds. The number of benzene rings is 2. The van der Waals surface area contributed by atoms with E-state index in [1.165, 1.54) is 9.80 Å². The average molecular weight is 532 g/mol. The lowest BCUT2D eigenvalue weighted by Crippen LogP contribution is -2.52.